The fourth-order valence-electron chi connectivity index (χ4n) is 3.29. The van der Waals surface area contributed by atoms with Gasteiger partial charge in [-0.15, -0.1) is 0 Å². The molecule has 3 nitrogen and oxygen atoms in total. The van der Waals surface area contributed by atoms with Gasteiger partial charge in [0.1, 0.15) is 0 Å². The number of halogens is 1. The molecule has 0 aliphatic heterocycles. The number of nitrogens with zero attached hydrogens (tertiary/aromatic N) is 1. The summed E-state index contributed by atoms with van der Waals surface area (Å²) in [6.07, 6.45) is 9.60. The van der Waals surface area contributed by atoms with Crippen molar-refractivity contribution in [2.75, 3.05) is 0 Å². The third-order valence-electron chi connectivity index (χ3n) is 5.16. The Bertz CT molecular complexity index is 753. The van der Waals surface area contributed by atoms with Crippen LogP contribution >= 0.6 is 11.6 Å². The highest BCUT2D eigenvalue weighted by Crippen LogP contribution is 2.35. The minimum atomic E-state index is 0.0875. The van der Waals surface area contributed by atoms with E-state index in [-0.39, 0.29) is 5.56 Å². The van der Waals surface area contributed by atoms with E-state index in [1.165, 1.54) is 32.1 Å². The molecule has 1 aromatic heterocycles. The van der Waals surface area contributed by atoms with Crippen molar-refractivity contribution >= 4 is 11.6 Å². The van der Waals surface area contributed by atoms with Gasteiger partial charge >= 0.3 is 0 Å². The summed E-state index contributed by atoms with van der Waals surface area (Å²) in [5.41, 5.74) is 2.95. The second-order valence-electron chi connectivity index (χ2n) is 7.12. The van der Waals surface area contributed by atoms with Crippen molar-refractivity contribution in [3.8, 4) is 5.69 Å². The molecule has 1 heterocycles. The molecule has 122 valence electrons. The molecule has 23 heavy (non-hydrogen) atoms. The molecule has 2 aliphatic carbocycles. The fourth-order valence-corrected chi connectivity index (χ4v) is 3.51. The van der Waals surface area contributed by atoms with Crippen LogP contribution in [0.5, 0.6) is 0 Å². The van der Waals surface area contributed by atoms with Gasteiger partial charge in [0.25, 0.3) is 5.56 Å². The molecule has 0 saturated heterocycles. The van der Waals surface area contributed by atoms with Gasteiger partial charge in [0.15, 0.2) is 0 Å². The average molecular weight is 331 g/mol. The van der Waals surface area contributed by atoms with Crippen LogP contribution in [0.25, 0.3) is 5.69 Å². The minimum Gasteiger partial charge on any atom is -0.295 e. The summed E-state index contributed by atoms with van der Waals surface area (Å²) in [7, 11) is 0. The maximum atomic E-state index is 12.9. The Hall–Kier alpha value is -1.48. The lowest BCUT2D eigenvalue weighted by Gasteiger charge is -2.04. The van der Waals surface area contributed by atoms with E-state index >= 15 is 0 Å². The first-order valence-electron chi connectivity index (χ1n) is 8.80. The van der Waals surface area contributed by atoms with Gasteiger partial charge in [-0.25, -0.2) is 4.68 Å². The van der Waals surface area contributed by atoms with Crippen LogP contribution in [0.2, 0.25) is 5.02 Å². The molecule has 2 saturated carbocycles. The normalized spacial score (nSPS) is 17.6. The van der Waals surface area contributed by atoms with Crippen LogP contribution in [0.15, 0.2) is 29.1 Å². The van der Waals surface area contributed by atoms with Crippen LogP contribution < -0.4 is 5.56 Å². The zero-order valence-corrected chi connectivity index (χ0v) is 14.1. The molecule has 0 spiro atoms. The molecule has 1 N–H and O–H groups in total. The molecule has 0 atom stereocenters. The summed E-state index contributed by atoms with van der Waals surface area (Å²) in [4.78, 5) is 12.9. The van der Waals surface area contributed by atoms with E-state index < -0.39 is 0 Å². The SMILES string of the molecule is O=c1c(CCC2CC2)c(CCC2CC2)[nH]n1-c1ccccc1Cl. The van der Waals surface area contributed by atoms with Crippen LogP contribution in [0, 0.1) is 11.8 Å². The molecule has 0 bridgehead atoms. The lowest BCUT2D eigenvalue weighted by atomic mass is 10.0. The number of H-pyrrole nitrogens is 1. The Balaban J connectivity index is 1.66. The van der Waals surface area contributed by atoms with Crippen molar-refractivity contribution in [2.24, 2.45) is 11.8 Å². The Morgan fingerprint density at radius 2 is 1.70 bits per heavy atom. The maximum Gasteiger partial charge on any atom is 0.274 e. The van der Waals surface area contributed by atoms with Gasteiger partial charge in [-0.2, -0.15) is 0 Å². The Morgan fingerprint density at radius 1 is 1.04 bits per heavy atom. The van der Waals surface area contributed by atoms with Gasteiger partial charge in [-0.05, 0) is 49.7 Å². The second kappa shape index (κ2) is 6.20. The predicted molar refractivity (Wildman–Crippen MR) is 93.5 cm³/mol. The lowest BCUT2D eigenvalue weighted by molar-refractivity contribution is 0.686. The van der Waals surface area contributed by atoms with Crippen molar-refractivity contribution in [1.82, 2.24) is 9.78 Å². The third-order valence-corrected chi connectivity index (χ3v) is 5.48. The second-order valence-corrected chi connectivity index (χ2v) is 7.53. The Labute approximate surface area is 141 Å². The molecular weight excluding hydrogens is 308 g/mol. The van der Waals surface area contributed by atoms with E-state index in [0.29, 0.717) is 5.02 Å². The molecule has 0 unspecified atom stereocenters. The molecule has 2 aliphatic rings. The van der Waals surface area contributed by atoms with Gasteiger partial charge in [-0.3, -0.25) is 9.89 Å². The van der Waals surface area contributed by atoms with Gasteiger partial charge in [0.05, 0.1) is 10.7 Å². The van der Waals surface area contributed by atoms with Crippen LogP contribution in [-0.4, -0.2) is 9.78 Å². The molecule has 0 amide bonds. The molecule has 4 heteroatoms. The van der Waals surface area contributed by atoms with Crippen LogP contribution in [0.4, 0.5) is 0 Å². The van der Waals surface area contributed by atoms with E-state index in [4.69, 9.17) is 11.6 Å². The van der Waals surface area contributed by atoms with Gasteiger partial charge < -0.3 is 0 Å². The van der Waals surface area contributed by atoms with Crippen molar-refractivity contribution in [3.63, 3.8) is 0 Å². The summed E-state index contributed by atoms with van der Waals surface area (Å²) < 4.78 is 1.65. The average Bonchev–Trinajstić information content (AvgIpc) is 3.45. The third kappa shape index (κ3) is 3.40. The van der Waals surface area contributed by atoms with Crippen molar-refractivity contribution in [1.29, 1.82) is 0 Å². The van der Waals surface area contributed by atoms with Gasteiger partial charge in [0.2, 0.25) is 0 Å². The van der Waals surface area contributed by atoms with Crippen LogP contribution in [0.3, 0.4) is 0 Å². The molecule has 4 rings (SSSR count). The van der Waals surface area contributed by atoms with Gasteiger partial charge in [0, 0.05) is 11.3 Å². The number of aryl methyl sites for hydroxylation is 1. The summed E-state index contributed by atoms with van der Waals surface area (Å²) in [6, 6.07) is 7.54. The lowest BCUT2D eigenvalue weighted by Crippen LogP contribution is -2.17. The van der Waals surface area contributed by atoms with E-state index in [0.717, 1.165) is 48.0 Å². The first-order valence-corrected chi connectivity index (χ1v) is 9.18. The quantitative estimate of drug-likeness (QED) is 0.797. The smallest absolute Gasteiger partial charge is 0.274 e. The van der Waals surface area contributed by atoms with Crippen molar-refractivity contribution < 1.29 is 0 Å². The number of nitrogens with one attached hydrogen (secondary N) is 1. The zero-order valence-electron chi connectivity index (χ0n) is 13.4. The highest BCUT2D eigenvalue weighted by Gasteiger charge is 2.25. The number of hydrogen-bond donors (Lipinski definition) is 1. The molecule has 0 radical (unpaired) electrons. The predicted octanol–water partition coefficient (Wildman–Crippen LogP) is 4.50. The fraction of sp³-hybridized carbons (Fsp3) is 0.526. The maximum absolute atomic E-state index is 12.9. The summed E-state index contributed by atoms with van der Waals surface area (Å²) in [5, 5.41) is 3.96. The van der Waals surface area contributed by atoms with Crippen molar-refractivity contribution in [3.05, 3.63) is 50.9 Å². The Morgan fingerprint density at radius 3 is 2.35 bits per heavy atom. The van der Waals surface area contributed by atoms with Gasteiger partial charge in [-0.1, -0.05) is 49.4 Å². The van der Waals surface area contributed by atoms with E-state index in [1.807, 2.05) is 24.3 Å². The number of hydrogen-bond acceptors (Lipinski definition) is 1. The van der Waals surface area contributed by atoms with Crippen LogP contribution in [0.1, 0.15) is 49.8 Å². The standard InChI is InChI=1S/C19H23ClN2O/c20-16-3-1-2-4-18(16)22-19(23)15(11-9-13-5-6-13)17(21-22)12-10-14-7-8-14/h1-4,13-14,21H,5-12H2. The number of rotatable bonds is 7. The van der Waals surface area contributed by atoms with E-state index in [9.17, 15) is 4.79 Å². The first kappa shape index (κ1) is 15.1. The summed E-state index contributed by atoms with van der Waals surface area (Å²) in [6.45, 7) is 0. The highest BCUT2D eigenvalue weighted by molar-refractivity contribution is 6.32. The minimum absolute atomic E-state index is 0.0875. The molecule has 1 aromatic carbocycles. The van der Waals surface area contributed by atoms with Crippen molar-refractivity contribution in [2.45, 2.75) is 51.4 Å². The monoisotopic (exact) mass is 330 g/mol. The number of para-hydroxylation sites is 1. The summed E-state index contributed by atoms with van der Waals surface area (Å²) in [5.74, 6) is 1.72. The number of aromatic amines is 1. The highest BCUT2D eigenvalue weighted by atomic mass is 35.5. The molecule has 2 fully saturated rings. The van der Waals surface area contributed by atoms with E-state index in [2.05, 4.69) is 5.10 Å². The molecular formula is C19H23ClN2O. The van der Waals surface area contributed by atoms with E-state index in [1.54, 1.807) is 4.68 Å². The van der Waals surface area contributed by atoms with Crippen LogP contribution in [-0.2, 0) is 12.8 Å². The Kier molecular flexibility index (Phi) is 4.06. The summed E-state index contributed by atoms with van der Waals surface area (Å²) >= 11 is 6.29. The largest absolute Gasteiger partial charge is 0.295 e. The number of benzene rings is 1. The zero-order chi connectivity index (χ0) is 15.8. The number of aromatic nitrogens is 2. The first-order chi connectivity index (χ1) is 11.2. The molecule has 2 aromatic rings. The topological polar surface area (TPSA) is 37.8 Å².